The number of hydrogen-bond donors (Lipinski definition) is 1. The van der Waals surface area contributed by atoms with Crippen molar-refractivity contribution in [2.75, 3.05) is 0 Å². The Kier molecular flexibility index (Phi) is 4.25. The lowest BCUT2D eigenvalue weighted by atomic mass is 10.2. The number of carbonyl (C=O) groups is 1. The first-order chi connectivity index (χ1) is 10.5. The molecule has 0 radical (unpaired) electrons. The van der Waals surface area contributed by atoms with Crippen LogP contribution < -0.4 is 5.32 Å². The maximum absolute atomic E-state index is 12.1. The van der Waals surface area contributed by atoms with Gasteiger partial charge in [0, 0.05) is 28.0 Å². The number of imidazole rings is 1. The van der Waals surface area contributed by atoms with Gasteiger partial charge in [0.1, 0.15) is 5.65 Å². The van der Waals surface area contributed by atoms with Crippen LogP contribution >= 0.6 is 34.8 Å². The van der Waals surface area contributed by atoms with Crippen LogP contribution in [0.15, 0.2) is 42.7 Å². The molecule has 0 aliphatic heterocycles. The highest BCUT2D eigenvalue weighted by Crippen LogP contribution is 2.19. The van der Waals surface area contributed by atoms with Crippen molar-refractivity contribution in [1.29, 1.82) is 0 Å². The van der Waals surface area contributed by atoms with E-state index in [1.54, 1.807) is 34.9 Å². The number of benzene rings is 1. The highest BCUT2D eigenvalue weighted by molar-refractivity contribution is 6.35. The second-order valence-corrected chi connectivity index (χ2v) is 6.00. The predicted octanol–water partition coefficient (Wildman–Crippen LogP) is 4.22. The first-order valence-corrected chi connectivity index (χ1v) is 7.52. The number of carbonyl (C=O) groups excluding carboxylic acids is 1. The number of nitrogens with zero attached hydrogens (tertiary/aromatic N) is 2. The number of pyridine rings is 1. The third-order valence-corrected chi connectivity index (χ3v) is 3.68. The molecule has 2 aromatic heterocycles. The van der Waals surface area contributed by atoms with Crippen molar-refractivity contribution in [3.8, 4) is 0 Å². The molecule has 22 heavy (non-hydrogen) atoms. The Balaban J connectivity index is 1.74. The Hall–Kier alpha value is -1.75. The summed E-state index contributed by atoms with van der Waals surface area (Å²) in [6, 6.07) is 8.27. The maximum Gasteiger partial charge on any atom is 0.251 e. The Bertz CT molecular complexity index is 840. The summed E-state index contributed by atoms with van der Waals surface area (Å²) in [6.45, 7) is 0.294. The molecule has 0 saturated carbocycles. The quantitative estimate of drug-likeness (QED) is 0.765. The van der Waals surface area contributed by atoms with Crippen molar-refractivity contribution in [3.05, 3.63) is 69.1 Å². The van der Waals surface area contributed by atoms with Gasteiger partial charge in [-0.25, -0.2) is 4.98 Å². The molecule has 2 heterocycles. The molecule has 1 amide bonds. The molecule has 1 aromatic carbocycles. The molecule has 0 unspecified atom stereocenters. The summed E-state index contributed by atoms with van der Waals surface area (Å²) < 4.78 is 1.81. The van der Waals surface area contributed by atoms with Crippen LogP contribution in [0.3, 0.4) is 0 Å². The van der Waals surface area contributed by atoms with E-state index in [2.05, 4.69) is 10.3 Å². The molecule has 3 aromatic rings. The predicted molar refractivity (Wildman–Crippen MR) is 87.8 cm³/mol. The third kappa shape index (κ3) is 3.35. The van der Waals surface area contributed by atoms with E-state index < -0.39 is 0 Å². The Morgan fingerprint density at radius 3 is 2.50 bits per heavy atom. The van der Waals surface area contributed by atoms with Gasteiger partial charge < -0.3 is 9.72 Å². The van der Waals surface area contributed by atoms with Gasteiger partial charge in [0.15, 0.2) is 0 Å². The molecule has 7 heteroatoms. The topological polar surface area (TPSA) is 46.4 Å². The molecule has 0 spiro atoms. The molecule has 112 valence electrons. The average Bonchev–Trinajstić information content (AvgIpc) is 2.85. The maximum atomic E-state index is 12.1. The fourth-order valence-corrected chi connectivity index (χ4v) is 2.75. The Labute approximate surface area is 141 Å². The fraction of sp³-hybridized carbons (Fsp3) is 0.0667. The van der Waals surface area contributed by atoms with E-state index in [1.165, 1.54) is 0 Å². The van der Waals surface area contributed by atoms with Crippen molar-refractivity contribution in [2.24, 2.45) is 0 Å². The highest BCUT2D eigenvalue weighted by Gasteiger charge is 2.09. The zero-order valence-electron chi connectivity index (χ0n) is 11.2. The number of fused-ring (bicyclic) bond motifs is 1. The molecule has 0 bridgehead atoms. The van der Waals surface area contributed by atoms with Gasteiger partial charge in [0.05, 0.1) is 17.3 Å². The van der Waals surface area contributed by atoms with E-state index in [9.17, 15) is 4.79 Å². The van der Waals surface area contributed by atoms with Gasteiger partial charge in [-0.1, -0.05) is 34.8 Å². The van der Waals surface area contributed by atoms with Crippen LogP contribution in [0.2, 0.25) is 15.1 Å². The SMILES string of the molecule is O=C(NCc1cn2cc(Cl)ccc2n1)c1cc(Cl)cc(Cl)c1. The molecule has 0 aliphatic rings. The van der Waals surface area contributed by atoms with Crippen LogP contribution in [0.1, 0.15) is 16.1 Å². The molecule has 0 saturated heterocycles. The summed E-state index contributed by atoms with van der Waals surface area (Å²) in [5, 5.41) is 4.23. The monoisotopic (exact) mass is 353 g/mol. The van der Waals surface area contributed by atoms with E-state index in [4.69, 9.17) is 34.8 Å². The molecule has 0 fully saturated rings. The summed E-state index contributed by atoms with van der Waals surface area (Å²) in [5.74, 6) is -0.264. The first kappa shape index (κ1) is 15.2. The largest absolute Gasteiger partial charge is 0.346 e. The molecule has 1 N–H and O–H groups in total. The van der Waals surface area contributed by atoms with E-state index in [-0.39, 0.29) is 5.91 Å². The summed E-state index contributed by atoms with van der Waals surface area (Å²) in [5.41, 5.74) is 1.90. The summed E-state index contributed by atoms with van der Waals surface area (Å²) in [4.78, 5) is 16.5. The number of hydrogen-bond acceptors (Lipinski definition) is 2. The number of halogens is 3. The van der Waals surface area contributed by atoms with Crippen molar-refractivity contribution in [1.82, 2.24) is 14.7 Å². The van der Waals surface area contributed by atoms with Gasteiger partial charge >= 0.3 is 0 Å². The van der Waals surface area contributed by atoms with Crippen LogP contribution in [-0.4, -0.2) is 15.3 Å². The fourth-order valence-electron chi connectivity index (χ4n) is 2.06. The number of amides is 1. The van der Waals surface area contributed by atoms with Crippen molar-refractivity contribution in [3.63, 3.8) is 0 Å². The van der Waals surface area contributed by atoms with Crippen LogP contribution in [0.5, 0.6) is 0 Å². The molecular formula is C15H10Cl3N3O. The van der Waals surface area contributed by atoms with E-state index in [0.717, 1.165) is 11.3 Å². The van der Waals surface area contributed by atoms with Crippen molar-refractivity contribution < 1.29 is 4.79 Å². The number of nitrogens with one attached hydrogen (secondary N) is 1. The van der Waals surface area contributed by atoms with Gasteiger partial charge in [0.25, 0.3) is 5.91 Å². The molecule has 0 aliphatic carbocycles. The van der Waals surface area contributed by atoms with Crippen LogP contribution in [0.4, 0.5) is 0 Å². The zero-order valence-corrected chi connectivity index (χ0v) is 13.5. The van der Waals surface area contributed by atoms with Gasteiger partial charge in [-0.05, 0) is 30.3 Å². The smallest absolute Gasteiger partial charge is 0.251 e. The summed E-state index contributed by atoms with van der Waals surface area (Å²) in [7, 11) is 0. The van der Waals surface area contributed by atoms with E-state index >= 15 is 0 Å². The summed E-state index contributed by atoms with van der Waals surface area (Å²) in [6.07, 6.45) is 3.57. The van der Waals surface area contributed by atoms with Gasteiger partial charge in [-0.3, -0.25) is 4.79 Å². The van der Waals surface area contributed by atoms with E-state index in [0.29, 0.717) is 27.2 Å². The molecular weight excluding hydrogens is 345 g/mol. The Morgan fingerprint density at radius 2 is 1.77 bits per heavy atom. The lowest BCUT2D eigenvalue weighted by Crippen LogP contribution is -2.22. The normalized spacial score (nSPS) is 10.9. The number of rotatable bonds is 3. The third-order valence-electron chi connectivity index (χ3n) is 3.02. The molecule has 0 atom stereocenters. The van der Waals surface area contributed by atoms with Crippen LogP contribution in [-0.2, 0) is 6.54 Å². The Morgan fingerprint density at radius 1 is 1.05 bits per heavy atom. The lowest BCUT2D eigenvalue weighted by molar-refractivity contribution is 0.0950. The van der Waals surface area contributed by atoms with Gasteiger partial charge in [-0.2, -0.15) is 0 Å². The first-order valence-electron chi connectivity index (χ1n) is 6.39. The molecule has 4 nitrogen and oxygen atoms in total. The lowest BCUT2D eigenvalue weighted by Gasteiger charge is -2.04. The standard InChI is InChI=1S/C15H10Cl3N3O/c16-10-1-2-14-20-13(8-21(14)7-10)6-19-15(22)9-3-11(17)5-12(18)4-9/h1-5,7-8H,6H2,(H,19,22). The average molecular weight is 355 g/mol. The van der Waals surface area contributed by atoms with Crippen molar-refractivity contribution >= 4 is 46.4 Å². The minimum atomic E-state index is -0.264. The minimum absolute atomic E-state index is 0.264. The van der Waals surface area contributed by atoms with Crippen LogP contribution in [0.25, 0.3) is 5.65 Å². The second kappa shape index (κ2) is 6.16. The van der Waals surface area contributed by atoms with Gasteiger partial charge in [0.2, 0.25) is 0 Å². The van der Waals surface area contributed by atoms with Crippen molar-refractivity contribution in [2.45, 2.75) is 6.54 Å². The van der Waals surface area contributed by atoms with Gasteiger partial charge in [-0.15, -0.1) is 0 Å². The molecule has 3 rings (SSSR count). The highest BCUT2D eigenvalue weighted by atomic mass is 35.5. The summed E-state index contributed by atoms with van der Waals surface area (Å²) >= 11 is 17.7. The second-order valence-electron chi connectivity index (χ2n) is 4.69. The number of aromatic nitrogens is 2. The van der Waals surface area contributed by atoms with Crippen LogP contribution in [0, 0.1) is 0 Å². The zero-order chi connectivity index (χ0) is 15.7. The minimum Gasteiger partial charge on any atom is -0.346 e. The van der Waals surface area contributed by atoms with E-state index in [1.807, 2.05) is 12.3 Å².